The molecule has 2 unspecified atom stereocenters. The Balaban J connectivity index is 2.48. The molecule has 0 aliphatic heterocycles. The van der Waals surface area contributed by atoms with E-state index in [1.165, 1.54) is 5.56 Å². The van der Waals surface area contributed by atoms with Crippen molar-refractivity contribution in [2.75, 3.05) is 6.54 Å². The zero-order valence-corrected chi connectivity index (χ0v) is 14.7. The SMILES string of the molecule is CC(NCC(NC(=O)OC(C)(C)C)C(C)C)c1ccsc1. The third-order valence-corrected chi connectivity index (χ3v) is 3.90. The van der Waals surface area contributed by atoms with Gasteiger partial charge in [-0.3, -0.25) is 0 Å². The normalized spacial score (nSPS) is 14.8. The molecular weight excluding hydrogens is 284 g/mol. The predicted octanol–water partition coefficient (Wildman–Crippen LogP) is 3.95. The number of alkyl carbamates (subject to hydrolysis) is 1. The summed E-state index contributed by atoms with van der Waals surface area (Å²) in [5.74, 6) is 0.333. The van der Waals surface area contributed by atoms with Crippen molar-refractivity contribution < 1.29 is 9.53 Å². The lowest BCUT2D eigenvalue weighted by atomic mass is 10.0. The number of carbonyl (C=O) groups excluding carboxylic acids is 1. The topological polar surface area (TPSA) is 50.4 Å². The maximum Gasteiger partial charge on any atom is 0.407 e. The molecule has 0 saturated carbocycles. The summed E-state index contributed by atoms with van der Waals surface area (Å²) in [6.45, 7) is 12.6. The Hall–Kier alpha value is -1.07. The van der Waals surface area contributed by atoms with Crippen molar-refractivity contribution in [2.24, 2.45) is 5.92 Å². The summed E-state index contributed by atoms with van der Waals surface area (Å²) in [6.07, 6.45) is -0.355. The fourth-order valence-electron chi connectivity index (χ4n) is 1.86. The number of carbonyl (C=O) groups is 1. The van der Waals surface area contributed by atoms with Crippen molar-refractivity contribution in [1.29, 1.82) is 0 Å². The van der Waals surface area contributed by atoms with E-state index in [4.69, 9.17) is 4.74 Å². The number of ether oxygens (including phenoxy) is 1. The van der Waals surface area contributed by atoms with Gasteiger partial charge in [0.05, 0.1) is 0 Å². The molecule has 1 aromatic heterocycles. The fourth-order valence-corrected chi connectivity index (χ4v) is 2.61. The van der Waals surface area contributed by atoms with E-state index in [1.54, 1.807) is 11.3 Å². The second-order valence-electron chi connectivity index (χ2n) is 6.68. The first-order valence-electron chi connectivity index (χ1n) is 7.44. The van der Waals surface area contributed by atoms with Crippen LogP contribution >= 0.6 is 11.3 Å². The minimum atomic E-state index is -0.469. The first-order chi connectivity index (χ1) is 9.69. The smallest absolute Gasteiger partial charge is 0.407 e. The third kappa shape index (κ3) is 6.96. The monoisotopic (exact) mass is 312 g/mol. The molecule has 1 heterocycles. The molecule has 5 heteroatoms. The zero-order chi connectivity index (χ0) is 16.0. The Kier molecular flexibility index (Phi) is 6.68. The molecule has 0 fully saturated rings. The maximum atomic E-state index is 11.9. The average Bonchev–Trinajstić information content (AvgIpc) is 2.85. The summed E-state index contributed by atoms with van der Waals surface area (Å²) in [4.78, 5) is 11.9. The van der Waals surface area contributed by atoms with Gasteiger partial charge in [0.1, 0.15) is 5.60 Å². The number of nitrogens with one attached hydrogen (secondary N) is 2. The average molecular weight is 312 g/mol. The number of rotatable bonds is 6. The van der Waals surface area contributed by atoms with Gasteiger partial charge in [-0.2, -0.15) is 11.3 Å². The number of hydrogen-bond acceptors (Lipinski definition) is 4. The van der Waals surface area contributed by atoms with Gasteiger partial charge in [0.15, 0.2) is 0 Å². The predicted molar refractivity (Wildman–Crippen MR) is 88.7 cm³/mol. The van der Waals surface area contributed by atoms with Gasteiger partial charge in [-0.25, -0.2) is 4.79 Å². The maximum absolute atomic E-state index is 11.9. The molecule has 0 radical (unpaired) electrons. The van der Waals surface area contributed by atoms with Crippen molar-refractivity contribution in [3.63, 3.8) is 0 Å². The van der Waals surface area contributed by atoms with Crippen molar-refractivity contribution in [1.82, 2.24) is 10.6 Å². The molecule has 0 saturated heterocycles. The lowest BCUT2D eigenvalue weighted by molar-refractivity contribution is 0.0489. The quantitative estimate of drug-likeness (QED) is 0.836. The van der Waals surface area contributed by atoms with Gasteiger partial charge >= 0.3 is 6.09 Å². The van der Waals surface area contributed by atoms with Crippen molar-refractivity contribution in [3.8, 4) is 0 Å². The van der Waals surface area contributed by atoms with Gasteiger partial charge < -0.3 is 15.4 Å². The minimum absolute atomic E-state index is 0.0425. The Morgan fingerprint density at radius 3 is 2.48 bits per heavy atom. The Morgan fingerprint density at radius 1 is 1.33 bits per heavy atom. The standard InChI is InChI=1S/C16H28N2O2S/c1-11(2)14(18-15(19)20-16(4,5)6)9-17-12(3)13-7-8-21-10-13/h7-8,10-12,14,17H,9H2,1-6H3,(H,18,19). The number of hydrogen-bond donors (Lipinski definition) is 2. The van der Waals surface area contributed by atoms with Crippen LogP contribution in [-0.4, -0.2) is 24.3 Å². The molecule has 1 amide bonds. The molecule has 0 aliphatic carbocycles. The molecule has 2 atom stereocenters. The van der Waals surface area contributed by atoms with Crippen LogP contribution in [-0.2, 0) is 4.74 Å². The molecule has 21 heavy (non-hydrogen) atoms. The Morgan fingerprint density at radius 2 is 2.00 bits per heavy atom. The van der Waals surface area contributed by atoms with Crippen LogP contribution in [0.1, 0.15) is 53.1 Å². The fraction of sp³-hybridized carbons (Fsp3) is 0.688. The van der Waals surface area contributed by atoms with Crippen LogP contribution in [0.2, 0.25) is 0 Å². The van der Waals surface area contributed by atoms with Crippen LogP contribution in [0, 0.1) is 5.92 Å². The van der Waals surface area contributed by atoms with Crippen molar-refractivity contribution in [3.05, 3.63) is 22.4 Å². The van der Waals surface area contributed by atoms with E-state index in [1.807, 2.05) is 20.8 Å². The van der Waals surface area contributed by atoms with E-state index in [2.05, 4.69) is 48.2 Å². The van der Waals surface area contributed by atoms with Crippen LogP contribution in [0.15, 0.2) is 16.8 Å². The Labute approximate surface area is 132 Å². The second kappa shape index (κ2) is 7.80. The lowest BCUT2D eigenvalue weighted by Gasteiger charge is -2.27. The van der Waals surface area contributed by atoms with Crippen LogP contribution in [0.4, 0.5) is 4.79 Å². The highest BCUT2D eigenvalue weighted by Gasteiger charge is 2.21. The molecule has 0 aliphatic rings. The molecule has 0 bridgehead atoms. The highest BCUT2D eigenvalue weighted by atomic mass is 32.1. The summed E-state index contributed by atoms with van der Waals surface area (Å²) >= 11 is 1.70. The molecule has 4 nitrogen and oxygen atoms in total. The van der Waals surface area contributed by atoms with Gasteiger partial charge in [-0.05, 0) is 56.0 Å². The van der Waals surface area contributed by atoms with E-state index in [0.29, 0.717) is 12.5 Å². The van der Waals surface area contributed by atoms with Crippen LogP contribution in [0.3, 0.4) is 0 Å². The van der Waals surface area contributed by atoms with Crippen molar-refractivity contribution >= 4 is 17.4 Å². The molecule has 0 aromatic carbocycles. The summed E-state index contributed by atoms with van der Waals surface area (Å²) < 4.78 is 5.32. The van der Waals surface area contributed by atoms with E-state index in [-0.39, 0.29) is 18.2 Å². The zero-order valence-electron chi connectivity index (χ0n) is 13.9. The van der Waals surface area contributed by atoms with Crippen LogP contribution < -0.4 is 10.6 Å². The largest absolute Gasteiger partial charge is 0.444 e. The van der Waals surface area contributed by atoms with Gasteiger partial charge in [-0.15, -0.1) is 0 Å². The van der Waals surface area contributed by atoms with Gasteiger partial charge in [-0.1, -0.05) is 13.8 Å². The minimum Gasteiger partial charge on any atom is -0.444 e. The van der Waals surface area contributed by atoms with Gasteiger partial charge in [0.25, 0.3) is 0 Å². The molecular formula is C16H28N2O2S. The van der Waals surface area contributed by atoms with E-state index < -0.39 is 5.60 Å². The Bertz CT molecular complexity index is 424. The van der Waals surface area contributed by atoms with Crippen LogP contribution in [0.25, 0.3) is 0 Å². The molecule has 120 valence electrons. The van der Waals surface area contributed by atoms with E-state index >= 15 is 0 Å². The lowest BCUT2D eigenvalue weighted by Crippen LogP contribution is -2.47. The molecule has 2 N–H and O–H groups in total. The number of thiophene rings is 1. The van der Waals surface area contributed by atoms with E-state index in [9.17, 15) is 4.79 Å². The first kappa shape index (κ1) is 18.0. The second-order valence-corrected chi connectivity index (χ2v) is 7.46. The summed E-state index contributed by atoms with van der Waals surface area (Å²) in [6, 6.07) is 2.44. The summed E-state index contributed by atoms with van der Waals surface area (Å²) in [5, 5.41) is 10.6. The highest BCUT2D eigenvalue weighted by Crippen LogP contribution is 2.16. The van der Waals surface area contributed by atoms with Crippen LogP contribution in [0.5, 0.6) is 0 Å². The van der Waals surface area contributed by atoms with Gasteiger partial charge in [0, 0.05) is 18.6 Å². The highest BCUT2D eigenvalue weighted by molar-refractivity contribution is 7.07. The summed E-state index contributed by atoms with van der Waals surface area (Å²) in [7, 11) is 0. The van der Waals surface area contributed by atoms with Crippen molar-refractivity contribution in [2.45, 2.75) is 59.2 Å². The summed E-state index contributed by atoms with van der Waals surface area (Å²) in [5.41, 5.74) is 0.808. The van der Waals surface area contributed by atoms with E-state index in [0.717, 1.165) is 0 Å². The third-order valence-electron chi connectivity index (χ3n) is 3.19. The molecule has 1 aromatic rings. The van der Waals surface area contributed by atoms with Gasteiger partial charge in [0.2, 0.25) is 0 Å². The molecule has 0 spiro atoms. The molecule has 1 rings (SSSR count). The number of amides is 1. The first-order valence-corrected chi connectivity index (χ1v) is 8.38.